The van der Waals surface area contributed by atoms with Gasteiger partial charge < -0.3 is 9.05 Å². The minimum atomic E-state index is -2.40. The van der Waals surface area contributed by atoms with Gasteiger partial charge in [-0.3, -0.25) is 4.57 Å². The number of rotatable bonds is 8. The first-order chi connectivity index (χ1) is 7.22. The van der Waals surface area contributed by atoms with Gasteiger partial charge in [0.05, 0.1) is 11.2 Å². The molecular weight excluding hydrogens is 223 g/mol. The minimum Gasteiger partial charge on any atom is -0.305 e. The van der Waals surface area contributed by atoms with Crippen LogP contribution < -0.4 is 0 Å². The fourth-order valence-electron chi connectivity index (χ4n) is 1.78. The van der Waals surface area contributed by atoms with Crippen LogP contribution in [0.2, 0.25) is 0 Å². The van der Waals surface area contributed by atoms with Gasteiger partial charge in [-0.2, -0.15) is 0 Å². The van der Waals surface area contributed by atoms with Crippen LogP contribution in [-0.4, -0.2) is 11.2 Å². The molecule has 0 aromatic carbocycles. The first kappa shape index (κ1) is 16.1. The van der Waals surface area contributed by atoms with E-state index < -0.39 is 8.25 Å². The van der Waals surface area contributed by atoms with Crippen molar-refractivity contribution in [2.24, 2.45) is 0 Å². The van der Waals surface area contributed by atoms with E-state index in [4.69, 9.17) is 9.05 Å². The fourth-order valence-corrected chi connectivity index (χ4v) is 2.93. The summed E-state index contributed by atoms with van der Waals surface area (Å²) in [6, 6.07) is 0. The van der Waals surface area contributed by atoms with Gasteiger partial charge in [0.2, 0.25) is 0 Å². The Kier molecular flexibility index (Phi) is 6.84. The van der Waals surface area contributed by atoms with Crippen molar-refractivity contribution in [3.05, 3.63) is 0 Å². The van der Waals surface area contributed by atoms with E-state index in [0.29, 0.717) is 0 Å². The zero-order valence-electron chi connectivity index (χ0n) is 11.6. The highest BCUT2D eigenvalue weighted by Crippen LogP contribution is 2.38. The van der Waals surface area contributed by atoms with E-state index >= 15 is 0 Å². The van der Waals surface area contributed by atoms with Gasteiger partial charge in [0.15, 0.2) is 0 Å². The van der Waals surface area contributed by atoms with E-state index in [0.717, 1.165) is 25.7 Å². The van der Waals surface area contributed by atoms with Crippen LogP contribution in [0.1, 0.15) is 67.2 Å². The molecule has 0 spiro atoms. The zero-order valence-corrected chi connectivity index (χ0v) is 12.6. The van der Waals surface area contributed by atoms with E-state index in [9.17, 15) is 4.57 Å². The van der Waals surface area contributed by atoms with Crippen LogP contribution in [0.15, 0.2) is 0 Å². The molecule has 0 heterocycles. The van der Waals surface area contributed by atoms with Crippen LogP contribution >= 0.6 is 8.25 Å². The van der Waals surface area contributed by atoms with Gasteiger partial charge in [0.25, 0.3) is 0 Å². The highest BCUT2D eigenvalue weighted by Gasteiger charge is 2.25. The molecule has 3 nitrogen and oxygen atoms in total. The average molecular weight is 250 g/mol. The molecular formula is C12H27O3P. The van der Waals surface area contributed by atoms with E-state index in [1.165, 1.54) is 0 Å². The third-order valence-corrected chi connectivity index (χ3v) is 3.86. The maximum atomic E-state index is 11.8. The van der Waals surface area contributed by atoms with Crippen LogP contribution in [0.25, 0.3) is 0 Å². The molecule has 0 aromatic heterocycles. The van der Waals surface area contributed by atoms with Crippen molar-refractivity contribution in [1.29, 1.82) is 0 Å². The molecule has 16 heavy (non-hydrogen) atoms. The highest BCUT2D eigenvalue weighted by molar-refractivity contribution is 7.33. The van der Waals surface area contributed by atoms with Gasteiger partial charge in [-0.25, -0.2) is 0 Å². The molecule has 0 aliphatic rings. The lowest BCUT2D eigenvalue weighted by Crippen LogP contribution is -2.25. The molecule has 98 valence electrons. The van der Waals surface area contributed by atoms with Crippen molar-refractivity contribution in [2.75, 3.05) is 0 Å². The van der Waals surface area contributed by atoms with E-state index in [-0.39, 0.29) is 11.2 Å². The quantitative estimate of drug-likeness (QED) is 0.592. The molecule has 4 heteroatoms. The predicted molar refractivity (Wildman–Crippen MR) is 69.1 cm³/mol. The molecule has 0 aromatic rings. The van der Waals surface area contributed by atoms with Crippen molar-refractivity contribution in [3.63, 3.8) is 0 Å². The molecule has 0 N–H and O–H groups in total. The monoisotopic (exact) mass is 250 g/mol. The summed E-state index contributed by atoms with van der Waals surface area (Å²) in [7, 11) is -2.40. The first-order valence-electron chi connectivity index (χ1n) is 6.14. The zero-order chi connectivity index (χ0) is 12.8. The summed E-state index contributed by atoms with van der Waals surface area (Å²) in [6.07, 6.45) is 3.81. The van der Waals surface area contributed by atoms with Gasteiger partial charge in [-0.1, -0.05) is 26.7 Å². The second-order valence-corrected chi connectivity index (χ2v) is 6.38. The Labute approximate surface area is 101 Å². The SMILES string of the molecule is CCCC(C)(C)O[PH](=O)OC(C)(C)CCC. The molecule has 0 rings (SSSR count). The molecule has 0 atom stereocenters. The average Bonchev–Trinajstić information content (AvgIpc) is 1.99. The van der Waals surface area contributed by atoms with Crippen molar-refractivity contribution in [3.8, 4) is 0 Å². The Bertz CT molecular complexity index is 202. The summed E-state index contributed by atoms with van der Waals surface area (Å²) < 4.78 is 22.7. The molecule has 0 bridgehead atoms. The van der Waals surface area contributed by atoms with Crippen molar-refractivity contribution >= 4 is 8.25 Å². The normalized spacial score (nSPS) is 13.4. The molecule has 0 aliphatic carbocycles. The smallest absolute Gasteiger partial charge is 0.305 e. The second kappa shape index (κ2) is 6.78. The largest absolute Gasteiger partial charge is 0.320 e. The summed E-state index contributed by atoms with van der Waals surface area (Å²) in [4.78, 5) is 0. The number of hydrogen-bond acceptors (Lipinski definition) is 3. The molecule has 0 amide bonds. The van der Waals surface area contributed by atoms with Crippen LogP contribution in [0.5, 0.6) is 0 Å². The summed E-state index contributed by atoms with van der Waals surface area (Å²) >= 11 is 0. The van der Waals surface area contributed by atoms with Crippen molar-refractivity contribution < 1.29 is 13.6 Å². The van der Waals surface area contributed by atoms with Crippen LogP contribution in [0.4, 0.5) is 0 Å². The third kappa shape index (κ3) is 7.43. The maximum Gasteiger partial charge on any atom is 0.320 e. The van der Waals surface area contributed by atoms with Crippen molar-refractivity contribution in [2.45, 2.75) is 78.4 Å². The Morgan fingerprint density at radius 1 is 0.875 bits per heavy atom. The van der Waals surface area contributed by atoms with E-state index in [1.807, 2.05) is 27.7 Å². The Morgan fingerprint density at radius 3 is 1.44 bits per heavy atom. The van der Waals surface area contributed by atoms with Gasteiger partial charge in [-0.05, 0) is 40.5 Å². The van der Waals surface area contributed by atoms with Crippen LogP contribution in [0.3, 0.4) is 0 Å². The Morgan fingerprint density at radius 2 is 1.19 bits per heavy atom. The summed E-state index contributed by atoms with van der Waals surface area (Å²) in [5.41, 5.74) is -0.708. The predicted octanol–water partition coefficient (Wildman–Crippen LogP) is 4.57. The molecule has 0 saturated carbocycles. The lowest BCUT2D eigenvalue weighted by atomic mass is 10.0. The topological polar surface area (TPSA) is 35.5 Å². The lowest BCUT2D eigenvalue weighted by Gasteiger charge is -2.28. The van der Waals surface area contributed by atoms with E-state index in [2.05, 4.69) is 13.8 Å². The standard InChI is InChI=1S/C12H27O3P/c1-7-9-11(3,4)14-16(13)15-12(5,6)10-8-2/h16H,7-10H2,1-6H3. The van der Waals surface area contributed by atoms with Gasteiger partial charge in [0.1, 0.15) is 0 Å². The Hall–Kier alpha value is 0.150. The molecule has 0 saturated heterocycles. The first-order valence-corrected chi connectivity index (χ1v) is 7.37. The lowest BCUT2D eigenvalue weighted by molar-refractivity contribution is 0.0368. The van der Waals surface area contributed by atoms with Crippen LogP contribution in [-0.2, 0) is 13.6 Å². The summed E-state index contributed by atoms with van der Waals surface area (Å²) in [5.74, 6) is 0. The van der Waals surface area contributed by atoms with Gasteiger partial charge in [0, 0.05) is 0 Å². The van der Waals surface area contributed by atoms with E-state index in [1.54, 1.807) is 0 Å². The van der Waals surface area contributed by atoms with Gasteiger partial charge >= 0.3 is 8.25 Å². The molecule has 0 aliphatic heterocycles. The molecule has 0 fully saturated rings. The second-order valence-electron chi connectivity index (χ2n) is 5.47. The molecule has 0 unspecified atom stereocenters. The third-order valence-electron chi connectivity index (χ3n) is 2.42. The minimum absolute atomic E-state index is 0.354. The summed E-state index contributed by atoms with van der Waals surface area (Å²) in [5, 5.41) is 0. The maximum absolute atomic E-state index is 11.8. The Balaban J connectivity index is 4.17. The fraction of sp³-hybridized carbons (Fsp3) is 1.00. The molecule has 0 radical (unpaired) electrons. The highest BCUT2D eigenvalue weighted by atomic mass is 31.1. The summed E-state index contributed by atoms with van der Waals surface area (Å²) in [6.45, 7) is 12.0. The number of hydrogen-bond donors (Lipinski definition) is 0. The van der Waals surface area contributed by atoms with Crippen LogP contribution in [0, 0.1) is 0 Å². The van der Waals surface area contributed by atoms with Crippen molar-refractivity contribution in [1.82, 2.24) is 0 Å². The van der Waals surface area contributed by atoms with Gasteiger partial charge in [-0.15, -0.1) is 0 Å².